The van der Waals surface area contributed by atoms with E-state index >= 15 is 0 Å². The summed E-state index contributed by atoms with van der Waals surface area (Å²) < 4.78 is 5.30. The largest absolute Gasteiger partial charge is 0.444 e. The molecule has 1 saturated heterocycles. The van der Waals surface area contributed by atoms with Crippen LogP contribution in [-0.2, 0) is 9.53 Å². The van der Waals surface area contributed by atoms with E-state index in [0.29, 0.717) is 31.2 Å². The van der Waals surface area contributed by atoms with Crippen LogP contribution in [0.5, 0.6) is 0 Å². The number of ether oxygens (including phenoxy) is 1. The Labute approximate surface area is 95.9 Å². The van der Waals surface area contributed by atoms with Gasteiger partial charge in [-0.25, -0.2) is 4.79 Å². The Bertz CT molecular complexity index is 319. The van der Waals surface area contributed by atoms with Crippen molar-refractivity contribution >= 4 is 11.9 Å². The minimum Gasteiger partial charge on any atom is -0.444 e. The SMILES string of the molecule is CC(C)(C)OC(=O)N1C[C@H]2CCC(=O)[C@@H]2C1. The molecule has 1 aliphatic heterocycles. The van der Waals surface area contributed by atoms with E-state index in [9.17, 15) is 9.59 Å². The highest BCUT2D eigenvalue weighted by atomic mass is 16.6. The van der Waals surface area contributed by atoms with Crippen molar-refractivity contribution < 1.29 is 14.3 Å². The lowest BCUT2D eigenvalue weighted by molar-refractivity contribution is -0.120. The topological polar surface area (TPSA) is 46.6 Å². The van der Waals surface area contributed by atoms with Crippen LogP contribution in [0.25, 0.3) is 0 Å². The monoisotopic (exact) mass is 225 g/mol. The number of carbonyl (C=O) groups excluding carboxylic acids is 2. The molecule has 0 spiro atoms. The summed E-state index contributed by atoms with van der Waals surface area (Å²) in [6.45, 7) is 6.80. The number of likely N-dealkylation sites (tertiary alicyclic amines) is 1. The van der Waals surface area contributed by atoms with E-state index in [0.717, 1.165) is 6.42 Å². The minimum absolute atomic E-state index is 0.0764. The molecule has 1 heterocycles. The van der Waals surface area contributed by atoms with Crippen molar-refractivity contribution in [3.8, 4) is 0 Å². The van der Waals surface area contributed by atoms with Crippen molar-refractivity contribution in [1.29, 1.82) is 0 Å². The second kappa shape index (κ2) is 3.75. The maximum absolute atomic E-state index is 11.8. The molecule has 16 heavy (non-hydrogen) atoms. The van der Waals surface area contributed by atoms with E-state index < -0.39 is 5.60 Å². The second-order valence-electron chi connectivity index (χ2n) is 5.76. The number of carbonyl (C=O) groups is 2. The van der Waals surface area contributed by atoms with Crippen LogP contribution in [0.2, 0.25) is 0 Å². The lowest BCUT2D eigenvalue weighted by atomic mass is 10.0. The van der Waals surface area contributed by atoms with E-state index in [2.05, 4.69) is 0 Å². The van der Waals surface area contributed by atoms with Gasteiger partial charge in [0.25, 0.3) is 0 Å². The summed E-state index contributed by atoms with van der Waals surface area (Å²) in [5.41, 5.74) is -0.460. The summed E-state index contributed by atoms with van der Waals surface area (Å²) in [4.78, 5) is 25.0. The summed E-state index contributed by atoms with van der Waals surface area (Å²) in [6.07, 6.45) is 1.34. The highest BCUT2D eigenvalue weighted by Gasteiger charge is 2.44. The maximum atomic E-state index is 11.8. The molecule has 4 heteroatoms. The molecule has 0 unspecified atom stereocenters. The third-order valence-corrected chi connectivity index (χ3v) is 3.27. The molecule has 0 aromatic rings. The van der Waals surface area contributed by atoms with Crippen molar-refractivity contribution in [2.24, 2.45) is 11.8 Å². The molecule has 2 aliphatic rings. The van der Waals surface area contributed by atoms with Gasteiger partial charge in [-0.1, -0.05) is 0 Å². The van der Waals surface area contributed by atoms with E-state index in [1.807, 2.05) is 20.8 Å². The quantitative estimate of drug-likeness (QED) is 0.632. The maximum Gasteiger partial charge on any atom is 0.410 e. The van der Waals surface area contributed by atoms with Crippen molar-refractivity contribution in [3.63, 3.8) is 0 Å². The Hall–Kier alpha value is -1.06. The van der Waals surface area contributed by atoms with Crippen LogP contribution in [0.4, 0.5) is 4.79 Å². The van der Waals surface area contributed by atoms with Gasteiger partial charge in [0, 0.05) is 25.4 Å². The first-order valence-corrected chi connectivity index (χ1v) is 5.87. The zero-order valence-corrected chi connectivity index (χ0v) is 10.2. The van der Waals surface area contributed by atoms with Gasteiger partial charge in [0.1, 0.15) is 11.4 Å². The minimum atomic E-state index is -0.460. The average Bonchev–Trinajstić information content (AvgIpc) is 2.65. The zero-order valence-electron chi connectivity index (χ0n) is 10.2. The summed E-state index contributed by atoms with van der Waals surface area (Å²) in [7, 11) is 0. The lowest BCUT2D eigenvalue weighted by Crippen LogP contribution is -2.36. The molecule has 1 aliphatic carbocycles. The molecule has 1 saturated carbocycles. The molecular formula is C12H19NO3. The second-order valence-corrected chi connectivity index (χ2v) is 5.76. The third kappa shape index (κ3) is 2.20. The van der Waals surface area contributed by atoms with Gasteiger partial charge in [-0.3, -0.25) is 4.79 Å². The van der Waals surface area contributed by atoms with Gasteiger partial charge >= 0.3 is 6.09 Å². The first kappa shape index (κ1) is 11.4. The molecule has 0 bridgehead atoms. The molecule has 0 N–H and O–H groups in total. The Morgan fingerprint density at radius 1 is 1.38 bits per heavy atom. The molecule has 0 radical (unpaired) electrons. The van der Waals surface area contributed by atoms with Crippen molar-refractivity contribution in [3.05, 3.63) is 0 Å². The number of nitrogens with zero attached hydrogens (tertiary/aromatic N) is 1. The van der Waals surface area contributed by atoms with Crippen molar-refractivity contribution in [2.45, 2.75) is 39.2 Å². The highest BCUT2D eigenvalue weighted by Crippen LogP contribution is 2.35. The highest BCUT2D eigenvalue weighted by molar-refractivity contribution is 5.85. The first-order valence-electron chi connectivity index (χ1n) is 5.87. The van der Waals surface area contributed by atoms with Crippen LogP contribution in [0.15, 0.2) is 0 Å². The smallest absolute Gasteiger partial charge is 0.410 e. The normalized spacial score (nSPS) is 29.4. The average molecular weight is 225 g/mol. The fourth-order valence-corrected chi connectivity index (χ4v) is 2.52. The Balaban J connectivity index is 1.94. The van der Waals surface area contributed by atoms with Gasteiger partial charge in [-0.2, -0.15) is 0 Å². The molecule has 2 fully saturated rings. The first-order chi connectivity index (χ1) is 7.37. The van der Waals surface area contributed by atoms with Gasteiger partial charge in [-0.05, 0) is 33.1 Å². The van der Waals surface area contributed by atoms with Crippen molar-refractivity contribution in [1.82, 2.24) is 4.90 Å². The van der Waals surface area contributed by atoms with E-state index in [1.165, 1.54) is 0 Å². The number of hydrogen-bond acceptors (Lipinski definition) is 3. The Morgan fingerprint density at radius 2 is 2.06 bits per heavy atom. The van der Waals surface area contributed by atoms with E-state index in [-0.39, 0.29) is 12.0 Å². The Morgan fingerprint density at radius 3 is 2.62 bits per heavy atom. The predicted molar refractivity (Wildman–Crippen MR) is 59.0 cm³/mol. The van der Waals surface area contributed by atoms with E-state index in [1.54, 1.807) is 4.90 Å². The summed E-state index contributed by atoms with van der Waals surface area (Å²) in [5, 5.41) is 0. The number of ketones is 1. The molecule has 1 amide bonds. The molecule has 0 aromatic heterocycles. The summed E-state index contributed by atoms with van der Waals surface area (Å²) >= 11 is 0. The van der Waals surface area contributed by atoms with E-state index in [4.69, 9.17) is 4.74 Å². The predicted octanol–water partition coefficient (Wildman–Crippen LogP) is 1.83. The third-order valence-electron chi connectivity index (χ3n) is 3.27. The molecule has 0 aromatic carbocycles. The molecule has 2 rings (SSSR count). The number of amides is 1. The van der Waals surface area contributed by atoms with Gasteiger partial charge in [0.05, 0.1) is 0 Å². The zero-order chi connectivity index (χ0) is 11.9. The van der Waals surface area contributed by atoms with Gasteiger partial charge in [-0.15, -0.1) is 0 Å². The van der Waals surface area contributed by atoms with Gasteiger partial charge in [0.15, 0.2) is 0 Å². The lowest BCUT2D eigenvalue weighted by Gasteiger charge is -2.24. The van der Waals surface area contributed by atoms with Crippen LogP contribution < -0.4 is 0 Å². The van der Waals surface area contributed by atoms with Crippen LogP contribution in [-0.4, -0.2) is 35.5 Å². The fourth-order valence-electron chi connectivity index (χ4n) is 2.52. The Kier molecular flexibility index (Phi) is 2.68. The number of hydrogen-bond donors (Lipinski definition) is 0. The molecule has 90 valence electrons. The van der Waals surface area contributed by atoms with Gasteiger partial charge < -0.3 is 9.64 Å². The number of fused-ring (bicyclic) bond motifs is 1. The van der Waals surface area contributed by atoms with Crippen LogP contribution in [0.3, 0.4) is 0 Å². The van der Waals surface area contributed by atoms with Gasteiger partial charge in [0.2, 0.25) is 0 Å². The van der Waals surface area contributed by atoms with Crippen molar-refractivity contribution in [2.75, 3.05) is 13.1 Å². The van der Waals surface area contributed by atoms with Crippen LogP contribution in [0, 0.1) is 11.8 Å². The summed E-state index contributed by atoms with van der Waals surface area (Å²) in [6, 6.07) is 0. The number of Topliss-reactive ketones (excluding diaryl/α,β-unsaturated/α-hetero) is 1. The molecule has 4 nitrogen and oxygen atoms in total. The standard InChI is InChI=1S/C12H19NO3/c1-12(2,3)16-11(15)13-6-8-4-5-10(14)9(8)7-13/h8-9H,4-7H2,1-3H3/t8-,9-/m1/s1. The summed E-state index contributed by atoms with van der Waals surface area (Å²) in [5.74, 6) is 0.767. The molecule has 2 atom stereocenters. The molecular weight excluding hydrogens is 206 g/mol. The van der Waals surface area contributed by atoms with Crippen LogP contribution >= 0.6 is 0 Å². The fraction of sp³-hybridized carbons (Fsp3) is 0.833. The van der Waals surface area contributed by atoms with Crippen LogP contribution in [0.1, 0.15) is 33.6 Å². The number of rotatable bonds is 0.